The second kappa shape index (κ2) is 9.49. The van der Waals surface area contributed by atoms with Crippen molar-refractivity contribution in [1.82, 2.24) is 0 Å². The molecule has 3 rings (SSSR count). The third-order valence-electron chi connectivity index (χ3n) is 4.52. The molecule has 0 aromatic heterocycles. The SMILES string of the molecule is CC(C)(F)COc1ccc(Cl)cc1CN1CCCc2c(C(=O)[O-])cccc21.[Na+]. The molecule has 0 spiro atoms. The fourth-order valence-corrected chi connectivity index (χ4v) is 3.52. The number of nitrogens with zero attached hydrogens (tertiary/aromatic N) is 1. The summed E-state index contributed by atoms with van der Waals surface area (Å²) in [7, 11) is 0. The number of carboxylic acids is 1. The van der Waals surface area contributed by atoms with Gasteiger partial charge in [-0.1, -0.05) is 23.7 Å². The van der Waals surface area contributed by atoms with Crippen LogP contribution in [-0.2, 0) is 13.0 Å². The number of hydrogen-bond acceptors (Lipinski definition) is 4. The van der Waals surface area contributed by atoms with E-state index in [2.05, 4.69) is 4.90 Å². The molecule has 0 unspecified atom stereocenters. The van der Waals surface area contributed by atoms with Crippen LogP contribution in [0.5, 0.6) is 5.75 Å². The first-order chi connectivity index (χ1) is 12.7. The van der Waals surface area contributed by atoms with Gasteiger partial charge in [0, 0.05) is 34.9 Å². The Morgan fingerprint density at radius 1 is 1.32 bits per heavy atom. The molecule has 0 saturated heterocycles. The minimum Gasteiger partial charge on any atom is -0.545 e. The number of ether oxygens (including phenoxy) is 1. The maximum Gasteiger partial charge on any atom is 1.00 e. The molecule has 0 bridgehead atoms. The minimum atomic E-state index is -1.45. The Balaban J connectivity index is 0.00000280. The van der Waals surface area contributed by atoms with E-state index in [1.54, 1.807) is 30.3 Å². The molecule has 0 atom stereocenters. The van der Waals surface area contributed by atoms with Gasteiger partial charge in [0.25, 0.3) is 0 Å². The average molecular weight is 414 g/mol. The van der Waals surface area contributed by atoms with Crippen LogP contribution in [-0.4, -0.2) is 24.8 Å². The number of carbonyl (C=O) groups excluding carboxylic acids is 1. The van der Waals surface area contributed by atoms with Gasteiger partial charge in [-0.15, -0.1) is 0 Å². The number of halogens is 2. The summed E-state index contributed by atoms with van der Waals surface area (Å²) in [5, 5.41) is 12.0. The molecule has 0 saturated carbocycles. The zero-order chi connectivity index (χ0) is 19.6. The number of benzene rings is 2. The maximum atomic E-state index is 13.8. The molecule has 2 aromatic carbocycles. The topological polar surface area (TPSA) is 52.6 Å². The van der Waals surface area contributed by atoms with Crippen LogP contribution in [0.2, 0.25) is 5.02 Å². The van der Waals surface area contributed by atoms with E-state index in [0.29, 0.717) is 23.7 Å². The zero-order valence-electron chi connectivity index (χ0n) is 16.4. The predicted molar refractivity (Wildman–Crippen MR) is 102 cm³/mol. The Kier molecular flexibility index (Phi) is 7.80. The molecule has 0 N–H and O–H groups in total. The molecule has 1 aliphatic rings. The summed E-state index contributed by atoms with van der Waals surface area (Å²) >= 11 is 6.16. The minimum absolute atomic E-state index is 0. The quantitative estimate of drug-likeness (QED) is 0.657. The summed E-state index contributed by atoms with van der Waals surface area (Å²) in [6, 6.07) is 10.5. The van der Waals surface area contributed by atoms with Gasteiger partial charge < -0.3 is 19.5 Å². The monoisotopic (exact) mass is 413 g/mol. The second-order valence-electron chi connectivity index (χ2n) is 7.38. The van der Waals surface area contributed by atoms with Crippen LogP contribution >= 0.6 is 11.6 Å². The summed E-state index contributed by atoms with van der Waals surface area (Å²) in [5.74, 6) is -0.584. The summed E-state index contributed by atoms with van der Waals surface area (Å²) in [5.41, 5.74) is 1.29. The van der Waals surface area contributed by atoms with E-state index in [1.807, 2.05) is 6.07 Å². The smallest absolute Gasteiger partial charge is 0.545 e. The average Bonchev–Trinajstić information content (AvgIpc) is 2.60. The van der Waals surface area contributed by atoms with E-state index in [-0.39, 0.29) is 41.7 Å². The van der Waals surface area contributed by atoms with E-state index < -0.39 is 11.6 Å². The Morgan fingerprint density at radius 3 is 2.75 bits per heavy atom. The van der Waals surface area contributed by atoms with E-state index in [4.69, 9.17) is 16.3 Å². The first kappa shape index (κ1) is 23.0. The molecule has 144 valence electrons. The van der Waals surface area contributed by atoms with E-state index in [0.717, 1.165) is 29.8 Å². The molecule has 0 fully saturated rings. The molecule has 4 nitrogen and oxygen atoms in total. The van der Waals surface area contributed by atoms with Crippen LogP contribution in [0.1, 0.15) is 41.8 Å². The number of rotatable bonds is 6. The Labute approximate surface area is 191 Å². The van der Waals surface area contributed by atoms with Gasteiger partial charge in [-0.25, -0.2) is 4.39 Å². The fraction of sp³-hybridized carbons (Fsp3) is 0.381. The second-order valence-corrected chi connectivity index (χ2v) is 7.81. The van der Waals surface area contributed by atoms with Gasteiger partial charge in [0.05, 0.1) is 5.97 Å². The van der Waals surface area contributed by atoms with Gasteiger partial charge in [0.2, 0.25) is 0 Å². The molecule has 28 heavy (non-hydrogen) atoms. The molecular formula is C21H22ClFNNaO3. The van der Waals surface area contributed by atoms with Crippen molar-refractivity contribution in [3.05, 3.63) is 58.1 Å². The fourth-order valence-electron chi connectivity index (χ4n) is 3.32. The summed E-state index contributed by atoms with van der Waals surface area (Å²) < 4.78 is 19.5. The third-order valence-corrected chi connectivity index (χ3v) is 4.76. The Hall–Kier alpha value is -1.27. The summed E-state index contributed by atoms with van der Waals surface area (Å²) in [6.45, 7) is 4.14. The molecular weight excluding hydrogens is 392 g/mol. The van der Waals surface area contributed by atoms with E-state index >= 15 is 0 Å². The summed E-state index contributed by atoms with van der Waals surface area (Å²) in [4.78, 5) is 13.5. The van der Waals surface area contributed by atoms with E-state index in [1.165, 1.54) is 13.8 Å². The Bertz CT molecular complexity index is 854. The molecule has 1 aliphatic heterocycles. The van der Waals surface area contributed by atoms with Crippen LogP contribution in [0.4, 0.5) is 10.1 Å². The van der Waals surface area contributed by atoms with Crippen molar-refractivity contribution in [2.45, 2.75) is 38.9 Å². The number of anilines is 1. The van der Waals surface area contributed by atoms with Gasteiger partial charge in [-0.3, -0.25) is 0 Å². The van der Waals surface area contributed by atoms with Crippen LogP contribution in [0.15, 0.2) is 36.4 Å². The van der Waals surface area contributed by atoms with Crippen molar-refractivity contribution in [1.29, 1.82) is 0 Å². The van der Waals surface area contributed by atoms with Crippen molar-refractivity contribution in [3.63, 3.8) is 0 Å². The molecule has 1 heterocycles. The molecule has 2 aromatic rings. The van der Waals surface area contributed by atoms with E-state index in [9.17, 15) is 14.3 Å². The van der Waals surface area contributed by atoms with Crippen LogP contribution in [0, 0.1) is 0 Å². The predicted octanol–water partition coefficient (Wildman–Crippen LogP) is 0.787. The van der Waals surface area contributed by atoms with Crippen LogP contribution in [0.25, 0.3) is 0 Å². The van der Waals surface area contributed by atoms with Gasteiger partial charge in [-0.2, -0.15) is 0 Å². The van der Waals surface area contributed by atoms with Gasteiger partial charge in [0.1, 0.15) is 18.0 Å². The third kappa shape index (κ3) is 5.63. The number of hydrogen-bond donors (Lipinski definition) is 0. The van der Waals surface area contributed by atoms with Crippen molar-refractivity contribution >= 4 is 23.3 Å². The normalized spacial score (nSPS) is 13.5. The first-order valence-corrected chi connectivity index (χ1v) is 9.31. The zero-order valence-corrected chi connectivity index (χ0v) is 19.2. The number of alkyl halides is 1. The number of aromatic carboxylic acids is 1. The molecule has 0 radical (unpaired) electrons. The van der Waals surface area contributed by atoms with Crippen molar-refractivity contribution in [2.24, 2.45) is 0 Å². The summed E-state index contributed by atoms with van der Waals surface area (Å²) in [6.07, 6.45) is 1.54. The first-order valence-electron chi connectivity index (χ1n) is 8.93. The molecule has 0 amide bonds. The van der Waals surface area contributed by atoms with Crippen molar-refractivity contribution in [3.8, 4) is 5.75 Å². The van der Waals surface area contributed by atoms with Gasteiger partial charge >= 0.3 is 29.6 Å². The van der Waals surface area contributed by atoms with Crippen molar-refractivity contribution in [2.75, 3.05) is 18.1 Å². The number of fused-ring (bicyclic) bond motifs is 1. The Morgan fingerprint density at radius 2 is 2.07 bits per heavy atom. The van der Waals surface area contributed by atoms with Gasteiger partial charge in [0.15, 0.2) is 0 Å². The van der Waals surface area contributed by atoms with Crippen LogP contribution in [0.3, 0.4) is 0 Å². The number of carbonyl (C=O) groups is 1. The molecule has 7 heteroatoms. The number of carboxylic acid groups (broad SMARTS) is 1. The standard InChI is InChI=1S/C21H23ClFNO3.Na/c1-21(2,23)13-27-19-9-8-15(22)11-14(19)12-24-10-4-6-16-17(20(25)26)5-3-7-18(16)24;/h3,5,7-9,11H,4,6,10,12-13H2,1-2H3,(H,25,26);/q;+1/p-1. The maximum absolute atomic E-state index is 13.8. The van der Waals surface area contributed by atoms with Gasteiger partial charge in [-0.05, 0) is 56.5 Å². The molecule has 0 aliphatic carbocycles. The van der Waals surface area contributed by atoms with Crippen molar-refractivity contribution < 1.29 is 48.6 Å². The van der Waals surface area contributed by atoms with Crippen LogP contribution < -0.4 is 44.3 Å². The largest absolute Gasteiger partial charge is 1.00 e.